The van der Waals surface area contributed by atoms with Crippen LogP contribution in [0.1, 0.15) is 6.92 Å². The molecular weight excluding hydrogens is 164 g/mol. The van der Waals surface area contributed by atoms with Crippen LogP contribution in [-0.2, 0) is 14.6 Å². The lowest BCUT2D eigenvalue weighted by Crippen LogP contribution is -2.47. The Balaban J connectivity index is 2.27. The topological polar surface area (TPSA) is 43.4 Å². The minimum absolute atomic E-state index is 0.00116. The van der Waals surface area contributed by atoms with E-state index in [1.54, 1.807) is 0 Å². The fourth-order valence-corrected chi connectivity index (χ4v) is 4.49. The molecule has 2 aliphatic heterocycles. The fraction of sp³-hybridized carbons (Fsp3) is 1.00. The molecule has 2 rings (SSSR count). The first-order chi connectivity index (χ1) is 5.04. The van der Waals surface area contributed by atoms with Crippen LogP contribution in [0, 0.1) is 11.3 Å². The third kappa shape index (κ3) is 0.999. The van der Waals surface area contributed by atoms with E-state index in [0.29, 0.717) is 30.6 Å². The molecule has 0 aromatic carbocycles. The Bertz CT molecular complexity index is 263. The van der Waals surface area contributed by atoms with Gasteiger partial charge in [-0.05, 0) is 5.92 Å². The van der Waals surface area contributed by atoms with Gasteiger partial charge in [0.2, 0.25) is 0 Å². The van der Waals surface area contributed by atoms with Crippen molar-refractivity contribution < 1.29 is 13.2 Å². The molecule has 1 spiro atoms. The van der Waals surface area contributed by atoms with Crippen LogP contribution < -0.4 is 0 Å². The zero-order valence-electron chi connectivity index (χ0n) is 6.54. The highest BCUT2D eigenvalue weighted by Gasteiger charge is 2.52. The molecule has 64 valence electrons. The molecule has 0 radical (unpaired) electrons. The Kier molecular flexibility index (Phi) is 1.36. The van der Waals surface area contributed by atoms with Crippen LogP contribution in [0.5, 0.6) is 0 Å². The first-order valence-corrected chi connectivity index (χ1v) is 5.64. The van der Waals surface area contributed by atoms with Crippen LogP contribution in [0.4, 0.5) is 0 Å². The maximum absolute atomic E-state index is 11.2. The van der Waals surface area contributed by atoms with E-state index in [0.717, 1.165) is 0 Å². The Labute approximate surface area is 66.7 Å². The van der Waals surface area contributed by atoms with Crippen molar-refractivity contribution in [2.45, 2.75) is 6.92 Å². The van der Waals surface area contributed by atoms with E-state index in [4.69, 9.17) is 4.74 Å². The summed E-state index contributed by atoms with van der Waals surface area (Å²) < 4.78 is 27.4. The van der Waals surface area contributed by atoms with Crippen molar-refractivity contribution >= 4 is 9.84 Å². The van der Waals surface area contributed by atoms with E-state index in [2.05, 4.69) is 0 Å². The zero-order chi connectivity index (χ0) is 8.11. The molecule has 2 fully saturated rings. The monoisotopic (exact) mass is 176 g/mol. The number of sulfone groups is 1. The van der Waals surface area contributed by atoms with Crippen LogP contribution >= 0.6 is 0 Å². The van der Waals surface area contributed by atoms with Crippen LogP contribution in [0.2, 0.25) is 0 Å². The minimum atomic E-state index is -2.74. The van der Waals surface area contributed by atoms with Gasteiger partial charge in [0.15, 0.2) is 9.84 Å². The van der Waals surface area contributed by atoms with Gasteiger partial charge < -0.3 is 4.74 Å². The van der Waals surface area contributed by atoms with E-state index in [-0.39, 0.29) is 5.41 Å². The second-order valence-electron chi connectivity index (χ2n) is 3.81. The van der Waals surface area contributed by atoms with E-state index in [9.17, 15) is 8.42 Å². The van der Waals surface area contributed by atoms with Gasteiger partial charge in [0.05, 0.1) is 24.7 Å². The lowest BCUT2D eigenvalue weighted by molar-refractivity contribution is -0.118. The Morgan fingerprint density at radius 1 is 1.45 bits per heavy atom. The molecule has 0 amide bonds. The summed E-state index contributed by atoms with van der Waals surface area (Å²) in [5.74, 6) is 0.999. The van der Waals surface area contributed by atoms with Gasteiger partial charge in [-0.1, -0.05) is 6.92 Å². The second kappa shape index (κ2) is 1.98. The van der Waals surface area contributed by atoms with Gasteiger partial charge in [0.25, 0.3) is 0 Å². The molecule has 0 bridgehead atoms. The number of ether oxygens (including phenoxy) is 1. The quantitative estimate of drug-likeness (QED) is 0.524. The van der Waals surface area contributed by atoms with Gasteiger partial charge in [-0.2, -0.15) is 0 Å². The van der Waals surface area contributed by atoms with E-state index in [1.165, 1.54) is 0 Å². The molecule has 0 unspecified atom stereocenters. The molecule has 0 saturated carbocycles. The number of hydrogen-bond acceptors (Lipinski definition) is 3. The summed E-state index contributed by atoms with van der Waals surface area (Å²) in [6.45, 7) is 3.30. The number of hydrogen-bond donors (Lipinski definition) is 0. The van der Waals surface area contributed by atoms with Crippen molar-refractivity contribution in [2.24, 2.45) is 11.3 Å². The Morgan fingerprint density at radius 3 is 2.27 bits per heavy atom. The molecule has 11 heavy (non-hydrogen) atoms. The van der Waals surface area contributed by atoms with Gasteiger partial charge in [-0.15, -0.1) is 0 Å². The summed E-state index contributed by atoms with van der Waals surface area (Å²) in [5.41, 5.74) is -0.00116. The highest BCUT2D eigenvalue weighted by molar-refractivity contribution is 7.91. The van der Waals surface area contributed by atoms with Crippen molar-refractivity contribution in [3.05, 3.63) is 0 Å². The molecule has 0 aliphatic carbocycles. The van der Waals surface area contributed by atoms with Gasteiger partial charge in [0, 0.05) is 5.41 Å². The summed E-state index contributed by atoms with van der Waals surface area (Å²) in [4.78, 5) is 0. The molecule has 2 saturated heterocycles. The average molecular weight is 176 g/mol. The second-order valence-corrected chi connectivity index (χ2v) is 5.92. The fourth-order valence-electron chi connectivity index (χ4n) is 1.93. The molecular formula is C7H12O3S. The first kappa shape index (κ1) is 7.55. The average Bonchev–Trinajstić information content (AvgIpc) is 1.99. The van der Waals surface area contributed by atoms with Gasteiger partial charge in [-0.25, -0.2) is 8.42 Å². The minimum Gasteiger partial charge on any atom is -0.380 e. The normalized spacial score (nSPS) is 38.8. The summed E-state index contributed by atoms with van der Waals surface area (Å²) in [6.07, 6.45) is 0. The first-order valence-electron chi connectivity index (χ1n) is 3.82. The van der Waals surface area contributed by atoms with E-state index >= 15 is 0 Å². The molecule has 2 aliphatic rings. The van der Waals surface area contributed by atoms with Crippen molar-refractivity contribution in [2.75, 3.05) is 24.7 Å². The zero-order valence-corrected chi connectivity index (χ0v) is 7.36. The Morgan fingerprint density at radius 2 is 2.09 bits per heavy atom. The number of rotatable bonds is 0. The highest BCUT2D eigenvalue weighted by atomic mass is 32.2. The van der Waals surface area contributed by atoms with Crippen molar-refractivity contribution in [3.8, 4) is 0 Å². The van der Waals surface area contributed by atoms with E-state index in [1.807, 2.05) is 6.92 Å². The van der Waals surface area contributed by atoms with Crippen LogP contribution in [0.25, 0.3) is 0 Å². The standard InChI is InChI=1S/C7H12O3S/c1-6-2-11(8,9)5-7(6)3-10-4-7/h6H,2-5H2,1H3/t6-/m1/s1. The predicted molar refractivity (Wildman–Crippen MR) is 41.1 cm³/mol. The summed E-state index contributed by atoms with van der Waals surface area (Å²) in [7, 11) is -2.74. The SMILES string of the molecule is C[C@@H]1CS(=O)(=O)CC12COC2. The van der Waals surface area contributed by atoms with Crippen molar-refractivity contribution in [1.29, 1.82) is 0 Å². The summed E-state index contributed by atoms with van der Waals surface area (Å²) in [5, 5.41) is 0. The molecule has 0 aromatic rings. The summed E-state index contributed by atoms with van der Waals surface area (Å²) >= 11 is 0. The van der Waals surface area contributed by atoms with E-state index < -0.39 is 9.84 Å². The lowest BCUT2D eigenvalue weighted by atomic mass is 9.78. The summed E-state index contributed by atoms with van der Waals surface area (Å²) in [6, 6.07) is 0. The molecule has 0 N–H and O–H groups in total. The van der Waals surface area contributed by atoms with Crippen molar-refractivity contribution in [1.82, 2.24) is 0 Å². The Hall–Kier alpha value is -0.0900. The molecule has 3 nitrogen and oxygen atoms in total. The van der Waals surface area contributed by atoms with Crippen LogP contribution in [-0.4, -0.2) is 33.1 Å². The molecule has 0 aromatic heterocycles. The molecule has 2 heterocycles. The third-order valence-corrected chi connectivity index (χ3v) is 4.86. The third-order valence-electron chi connectivity index (χ3n) is 2.84. The predicted octanol–water partition coefficient (Wildman–Crippen LogP) is 0.0675. The lowest BCUT2D eigenvalue weighted by Gasteiger charge is -2.40. The van der Waals surface area contributed by atoms with Gasteiger partial charge in [-0.3, -0.25) is 0 Å². The maximum atomic E-state index is 11.2. The van der Waals surface area contributed by atoms with Crippen LogP contribution in [0.15, 0.2) is 0 Å². The largest absolute Gasteiger partial charge is 0.380 e. The van der Waals surface area contributed by atoms with Gasteiger partial charge >= 0.3 is 0 Å². The van der Waals surface area contributed by atoms with Gasteiger partial charge in [0.1, 0.15) is 0 Å². The smallest absolute Gasteiger partial charge is 0.151 e. The van der Waals surface area contributed by atoms with Crippen molar-refractivity contribution in [3.63, 3.8) is 0 Å². The highest BCUT2D eigenvalue weighted by Crippen LogP contribution is 2.43. The van der Waals surface area contributed by atoms with Crippen LogP contribution in [0.3, 0.4) is 0 Å². The molecule has 4 heteroatoms. The molecule has 1 atom stereocenters. The maximum Gasteiger partial charge on any atom is 0.151 e.